The van der Waals surface area contributed by atoms with Gasteiger partial charge in [-0.25, -0.2) is 0 Å². The molecular weight excluding hydrogens is 306 g/mol. The molecule has 2 aromatic rings. The number of carbonyl (C=O) groups excluding carboxylic acids is 1. The van der Waals surface area contributed by atoms with Crippen LogP contribution >= 0.6 is 0 Å². The van der Waals surface area contributed by atoms with Crippen LogP contribution in [-0.2, 0) is 5.41 Å². The summed E-state index contributed by atoms with van der Waals surface area (Å²) in [6, 6.07) is 18.8. The van der Waals surface area contributed by atoms with Gasteiger partial charge in [-0.15, -0.1) is 0 Å². The lowest BCUT2D eigenvalue weighted by molar-refractivity contribution is 0.0754. The van der Waals surface area contributed by atoms with Crippen molar-refractivity contribution in [3.8, 4) is 0 Å². The van der Waals surface area contributed by atoms with Gasteiger partial charge in [-0.3, -0.25) is 4.79 Å². The van der Waals surface area contributed by atoms with Gasteiger partial charge >= 0.3 is 0 Å². The minimum absolute atomic E-state index is 0.114. The van der Waals surface area contributed by atoms with Gasteiger partial charge in [0.1, 0.15) is 0 Å². The summed E-state index contributed by atoms with van der Waals surface area (Å²) in [5, 5.41) is 0. The topological polar surface area (TPSA) is 20.3 Å². The third-order valence-electron chi connectivity index (χ3n) is 5.23. The van der Waals surface area contributed by atoms with Crippen molar-refractivity contribution in [3.63, 3.8) is 0 Å². The molecule has 1 fully saturated rings. The molecule has 1 unspecified atom stereocenters. The predicted octanol–water partition coefficient (Wildman–Crippen LogP) is 5.39. The number of hydrogen-bond acceptors (Lipinski definition) is 1. The molecule has 0 saturated carbocycles. The fraction of sp³-hybridized carbons (Fsp3) is 0.435. The van der Waals surface area contributed by atoms with Crippen molar-refractivity contribution in [2.75, 3.05) is 13.1 Å². The Morgan fingerprint density at radius 3 is 2.28 bits per heavy atom. The van der Waals surface area contributed by atoms with E-state index in [2.05, 4.69) is 68.1 Å². The molecule has 1 saturated heterocycles. The summed E-state index contributed by atoms with van der Waals surface area (Å²) in [6.07, 6.45) is 3.44. The zero-order chi connectivity index (χ0) is 17.9. The standard InChI is InChI=1S/C23H29NO/c1-23(2,3)21-14-12-19(13-15-21)22(25)24-16-8-7-11-20(17-24)18-9-5-4-6-10-18/h4-6,9-10,12-15,20H,7-8,11,16-17H2,1-3H3. The van der Waals surface area contributed by atoms with Crippen LogP contribution in [0.1, 0.15) is 67.4 Å². The van der Waals surface area contributed by atoms with Crippen LogP contribution in [0.2, 0.25) is 0 Å². The van der Waals surface area contributed by atoms with Crippen molar-refractivity contribution in [3.05, 3.63) is 71.3 Å². The molecule has 0 bridgehead atoms. The van der Waals surface area contributed by atoms with Gasteiger partial charge in [-0.05, 0) is 41.5 Å². The number of amides is 1. The van der Waals surface area contributed by atoms with Crippen molar-refractivity contribution in [2.24, 2.45) is 0 Å². The van der Waals surface area contributed by atoms with E-state index >= 15 is 0 Å². The molecule has 1 atom stereocenters. The van der Waals surface area contributed by atoms with Crippen LogP contribution in [-0.4, -0.2) is 23.9 Å². The average Bonchev–Trinajstić information content (AvgIpc) is 2.87. The summed E-state index contributed by atoms with van der Waals surface area (Å²) in [4.78, 5) is 15.1. The van der Waals surface area contributed by atoms with Gasteiger partial charge in [0.25, 0.3) is 5.91 Å². The smallest absolute Gasteiger partial charge is 0.253 e. The van der Waals surface area contributed by atoms with Gasteiger partial charge in [-0.1, -0.05) is 69.7 Å². The molecule has 2 heteroatoms. The highest BCUT2D eigenvalue weighted by atomic mass is 16.2. The quantitative estimate of drug-likeness (QED) is 0.720. The molecule has 0 aliphatic carbocycles. The number of hydrogen-bond donors (Lipinski definition) is 0. The monoisotopic (exact) mass is 335 g/mol. The highest BCUT2D eigenvalue weighted by molar-refractivity contribution is 5.94. The Morgan fingerprint density at radius 2 is 1.64 bits per heavy atom. The molecule has 0 N–H and O–H groups in total. The molecule has 1 heterocycles. The third-order valence-corrected chi connectivity index (χ3v) is 5.23. The number of rotatable bonds is 2. The fourth-order valence-corrected chi connectivity index (χ4v) is 3.62. The highest BCUT2D eigenvalue weighted by Crippen LogP contribution is 2.28. The summed E-state index contributed by atoms with van der Waals surface area (Å²) in [5.41, 5.74) is 3.54. The van der Waals surface area contributed by atoms with E-state index < -0.39 is 0 Å². The third kappa shape index (κ3) is 4.31. The number of nitrogens with zero attached hydrogens (tertiary/aromatic N) is 1. The number of likely N-dealkylation sites (tertiary alicyclic amines) is 1. The van der Waals surface area contributed by atoms with E-state index in [9.17, 15) is 4.79 Å². The Kier molecular flexibility index (Phi) is 5.27. The maximum Gasteiger partial charge on any atom is 0.253 e. The summed E-state index contributed by atoms with van der Waals surface area (Å²) >= 11 is 0. The summed E-state index contributed by atoms with van der Waals surface area (Å²) in [7, 11) is 0. The molecule has 0 aromatic heterocycles. The molecule has 3 rings (SSSR count). The van der Waals surface area contributed by atoms with Gasteiger partial charge in [0.15, 0.2) is 0 Å². The van der Waals surface area contributed by atoms with E-state index in [0.29, 0.717) is 5.92 Å². The molecule has 1 aliphatic rings. The highest BCUT2D eigenvalue weighted by Gasteiger charge is 2.24. The van der Waals surface area contributed by atoms with E-state index in [1.54, 1.807) is 0 Å². The maximum absolute atomic E-state index is 13.0. The minimum atomic E-state index is 0.114. The van der Waals surface area contributed by atoms with Crippen molar-refractivity contribution >= 4 is 5.91 Å². The summed E-state index contributed by atoms with van der Waals surface area (Å²) < 4.78 is 0. The lowest BCUT2D eigenvalue weighted by atomic mass is 9.86. The van der Waals surface area contributed by atoms with Crippen LogP contribution < -0.4 is 0 Å². The second-order valence-electron chi connectivity index (χ2n) is 8.18. The maximum atomic E-state index is 13.0. The van der Waals surface area contributed by atoms with Crippen LogP contribution in [0.5, 0.6) is 0 Å². The second kappa shape index (κ2) is 7.43. The van der Waals surface area contributed by atoms with Gasteiger partial charge in [0.2, 0.25) is 0 Å². The predicted molar refractivity (Wildman–Crippen MR) is 104 cm³/mol. The molecule has 0 radical (unpaired) electrons. The summed E-state index contributed by atoms with van der Waals surface area (Å²) in [6.45, 7) is 8.28. The van der Waals surface area contributed by atoms with Crippen molar-refractivity contribution < 1.29 is 4.79 Å². The van der Waals surface area contributed by atoms with Crippen LogP contribution in [0.25, 0.3) is 0 Å². The Morgan fingerprint density at radius 1 is 0.960 bits per heavy atom. The Hall–Kier alpha value is -2.09. The first-order chi connectivity index (χ1) is 11.9. The normalized spacial score (nSPS) is 18.7. The van der Waals surface area contributed by atoms with Crippen molar-refractivity contribution in [2.45, 2.75) is 51.4 Å². The minimum Gasteiger partial charge on any atom is -0.338 e. The molecule has 1 aliphatic heterocycles. The molecule has 2 aromatic carbocycles. The van der Waals surface area contributed by atoms with Gasteiger partial charge in [0, 0.05) is 24.6 Å². The van der Waals surface area contributed by atoms with E-state index in [1.807, 2.05) is 12.1 Å². The zero-order valence-corrected chi connectivity index (χ0v) is 15.7. The summed E-state index contributed by atoms with van der Waals surface area (Å²) in [5.74, 6) is 0.616. The Bertz CT molecular complexity index is 697. The van der Waals surface area contributed by atoms with Gasteiger partial charge < -0.3 is 4.90 Å². The van der Waals surface area contributed by atoms with Crippen LogP contribution in [0.15, 0.2) is 54.6 Å². The molecule has 25 heavy (non-hydrogen) atoms. The molecular formula is C23H29NO. The van der Waals surface area contributed by atoms with E-state index in [1.165, 1.54) is 17.5 Å². The fourth-order valence-electron chi connectivity index (χ4n) is 3.62. The van der Waals surface area contributed by atoms with Crippen LogP contribution in [0, 0.1) is 0 Å². The van der Waals surface area contributed by atoms with Crippen LogP contribution in [0.4, 0.5) is 0 Å². The van der Waals surface area contributed by atoms with Gasteiger partial charge in [-0.2, -0.15) is 0 Å². The lowest BCUT2D eigenvalue weighted by Gasteiger charge is -2.25. The molecule has 132 valence electrons. The first kappa shape index (κ1) is 17.7. The second-order valence-corrected chi connectivity index (χ2v) is 8.18. The first-order valence-corrected chi connectivity index (χ1v) is 9.40. The van der Waals surface area contributed by atoms with Crippen LogP contribution in [0.3, 0.4) is 0 Å². The molecule has 0 spiro atoms. The van der Waals surface area contributed by atoms with E-state index in [4.69, 9.17) is 0 Å². The average molecular weight is 335 g/mol. The van der Waals surface area contributed by atoms with E-state index in [-0.39, 0.29) is 11.3 Å². The lowest BCUT2D eigenvalue weighted by Crippen LogP contribution is -2.34. The largest absolute Gasteiger partial charge is 0.338 e. The van der Waals surface area contributed by atoms with Crippen molar-refractivity contribution in [1.82, 2.24) is 4.90 Å². The first-order valence-electron chi connectivity index (χ1n) is 9.40. The number of carbonyl (C=O) groups is 1. The van der Waals surface area contributed by atoms with E-state index in [0.717, 1.165) is 31.5 Å². The SMILES string of the molecule is CC(C)(C)c1ccc(C(=O)N2CCCCC(c3ccccc3)C2)cc1. The number of benzene rings is 2. The van der Waals surface area contributed by atoms with Gasteiger partial charge in [0.05, 0.1) is 0 Å². The molecule has 1 amide bonds. The zero-order valence-electron chi connectivity index (χ0n) is 15.7. The molecule has 2 nitrogen and oxygen atoms in total. The van der Waals surface area contributed by atoms with Crippen molar-refractivity contribution in [1.29, 1.82) is 0 Å². The Balaban J connectivity index is 1.76. The Labute approximate surface area is 151 Å².